The van der Waals surface area contributed by atoms with Gasteiger partial charge in [-0.05, 0) is 0 Å². The molecule has 45 heavy (non-hydrogen) atoms. The molecule has 0 aromatic heterocycles. The molecule has 5 aromatic carbocycles. The van der Waals surface area contributed by atoms with E-state index >= 15 is 0 Å². The number of benzene rings is 5. The molecule has 0 aliphatic heterocycles. The molecule has 0 bridgehead atoms. The molecule has 0 N–H and O–H groups in total. The minimum absolute atomic E-state index is 0.667. The van der Waals surface area contributed by atoms with E-state index in [9.17, 15) is 0 Å². The number of hydrogen-bond acceptors (Lipinski definition) is 0. The van der Waals surface area contributed by atoms with Gasteiger partial charge in [0, 0.05) is 0 Å². The Hall–Kier alpha value is -1.41. The van der Waals surface area contributed by atoms with Crippen molar-refractivity contribution in [1.82, 2.24) is 0 Å². The first-order valence-electron chi connectivity index (χ1n) is 16.3. The summed E-state index contributed by atoms with van der Waals surface area (Å²) in [7, 11) is -4.25. The van der Waals surface area contributed by atoms with E-state index in [1.54, 1.807) is 15.6 Å². The van der Waals surface area contributed by atoms with Crippen LogP contribution in [0.4, 0.5) is 0 Å². The summed E-state index contributed by atoms with van der Waals surface area (Å²) in [6.07, 6.45) is 0. The van der Waals surface area contributed by atoms with Crippen LogP contribution >= 0.6 is 0 Å². The molecule has 0 amide bonds. The van der Waals surface area contributed by atoms with Crippen molar-refractivity contribution in [2.24, 2.45) is 0 Å². The van der Waals surface area contributed by atoms with Crippen LogP contribution in [-0.2, 0) is 0 Å². The molecule has 0 saturated heterocycles. The molecule has 5 aromatic rings. The molecular formula is C40H52Pb2Si3. The van der Waals surface area contributed by atoms with Crippen molar-refractivity contribution in [2.75, 3.05) is 0 Å². The van der Waals surface area contributed by atoms with Crippen LogP contribution in [0, 0.1) is 0 Å². The molecule has 5 rings (SSSR count). The van der Waals surface area contributed by atoms with Crippen LogP contribution in [0.2, 0.25) is 60.8 Å². The Morgan fingerprint density at radius 1 is 0.311 bits per heavy atom. The van der Waals surface area contributed by atoms with Crippen LogP contribution in [0.15, 0.2) is 152 Å². The molecule has 0 nitrogen and oxygen atoms in total. The number of hydrogen-bond donors (Lipinski definition) is 0. The Kier molecular flexibility index (Phi) is 12.7. The van der Waals surface area contributed by atoms with Gasteiger partial charge in [-0.2, -0.15) is 0 Å². The molecule has 0 spiro atoms. The quantitative estimate of drug-likeness (QED) is 0.132. The first kappa shape index (κ1) is 36.4. The molecule has 0 unspecified atom stereocenters. The van der Waals surface area contributed by atoms with Crippen molar-refractivity contribution in [1.29, 1.82) is 0 Å². The Morgan fingerprint density at radius 3 is 0.711 bits per heavy atom. The van der Waals surface area contributed by atoms with Gasteiger partial charge in [-0.25, -0.2) is 0 Å². The SMILES string of the molecule is C[Si](C)(C)[C]([Pb]([c]1ccccc1)[c]1ccccc1)([Si](C)(C)C)[Si](C)(C)C.c1cc[c]([Pb]([c]2ccccc2)[c]2ccccc2)cc1. The molecule has 0 atom stereocenters. The van der Waals surface area contributed by atoms with Crippen molar-refractivity contribution >= 4 is 85.2 Å². The van der Waals surface area contributed by atoms with Gasteiger partial charge in [0.05, 0.1) is 0 Å². The Balaban J connectivity index is 0.000000214. The second kappa shape index (κ2) is 15.7. The van der Waals surface area contributed by atoms with Crippen LogP contribution in [0.25, 0.3) is 0 Å². The standard InChI is InChI=1S/C10H27Si3.5C6H5.2Pb/c1-11(2,3)10(12(4,5)6)13(7,8)9;5*1-2-4-6-5-3-1;;/h1-9H3;5*1-5H;;. The van der Waals surface area contributed by atoms with Crippen molar-refractivity contribution in [2.45, 2.75) is 60.8 Å². The Morgan fingerprint density at radius 2 is 0.511 bits per heavy atom. The molecule has 232 valence electrons. The average molecular weight is 1030 g/mol. The van der Waals surface area contributed by atoms with E-state index in [0.717, 1.165) is 0 Å². The van der Waals surface area contributed by atoms with Gasteiger partial charge >= 0.3 is 298 Å². The zero-order chi connectivity index (χ0) is 32.7. The van der Waals surface area contributed by atoms with Gasteiger partial charge in [0.1, 0.15) is 0 Å². The number of rotatable bonds is 9. The summed E-state index contributed by atoms with van der Waals surface area (Å²) >= 11 is -4.58. The fourth-order valence-corrected chi connectivity index (χ4v) is 90.5. The summed E-state index contributed by atoms with van der Waals surface area (Å²) in [5.74, 6) is 0. The van der Waals surface area contributed by atoms with Crippen LogP contribution in [0.1, 0.15) is 0 Å². The summed E-state index contributed by atoms with van der Waals surface area (Å²) in [6.45, 7) is 24.3. The van der Waals surface area contributed by atoms with Crippen LogP contribution in [0.5, 0.6) is 0 Å². The van der Waals surface area contributed by atoms with Gasteiger partial charge < -0.3 is 0 Å². The summed E-state index contributed by atoms with van der Waals surface area (Å²) in [5.41, 5.74) is 0. The van der Waals surface area contributed by atoms with Crippen LogP contribution in [-0.4, -0.2) is 69.6 Å². The summed E-state index contributed by atoms with van der Waals surface area (Å²) in [4.78, 5) is 0. The molecule has 0 aliphatic carbocycles. The zero-order valence-corrected chi connectivity index (χ0v) is 39.7. The van der Waals surface area contributed by atoms with E-state index in [-0.39, 0.29) is 0 Å². The van der Waals surface area contributed by atoms with Crippen LogP contribution in [0.3, 0.4) is 0 Å². The maximum absolute atomic E-state index is 2.69. The monoisotopic (exact) mass is 1030 g/mol. The topological polar surface area (TPSA) is 0 Å². The first-order valence-corrected chi connectivity index (χ1v) is 38.5. The van der Waals surface area contributed by atoms with E-state index in [0.29, 0.717) is 1.84 Å². The third kappa shape index (κ3) is 8.37. The fraction of sp³-hybridized carbons (Fsp3) is 0.250. The minimum atomic E-state index is -2.40. The van der Waals surface area contributed by atoms with Gasteiger partial charge in [0.25, 0.3) is 0 Å². The summed E-state index contributed by atoms with van der Waals surface area (Å²) < 4.78 is 8.77. The van der Waals surface area contributed by atoms with E-state index < -0.39 is 69.6 Å². The average Bonchev–Trinajstić information content (AvgIpc) is 3.01. The fourth-order valence-electron chi connectivity index (χ4n) is 8.62. The molecule has 0 fully saturated rings. The van der Waals surface area contributed by atoms with E-state index in [4.69, 9.17) is 0 Å². The summed E-state index contributed by atoms with van der Waals surface area (Å²) in [6, 6.07) is 56.4. The summed E-state index contributed by atoms with van der Waals surface area (Å²) in [5, 5.41) is 0. The Labute approximate surface area is 294 Å². The van der Waals surface area contributed by atoms with Crippen molar-refractivity contribution < 1.29 is 0 Å². The second-order valence-electron chi connectivity index (χ2n) is 15.1. The second-order valence-corrected chi connectivity index (χ2v) is 58.1. The molecule has 0 heterocycles. The molecule has 2 radical (unpaired) electrons. The van der Waals surface area contributed by atoms with E-state index in [2.05, 4.69) is 211 Å². The van der Waals surface area contributed by atoms with Crippen molar-refractivity contribution in [3.8, 4) is 0 Å². The first-order chi connectivity index (χ1) is 21.3. The van der Waals surface area contributed by atoms with Crippen molar-refractivity contribution in [3.63, 3.8) is 0 Å². The van der Waals surface area contributed by atoms with Crippen LogP contribution < -0.4 is 15.6 Å². The maximum atomic E-state index is 2.69. The van der Waals surface area contributed by atoms with E-state index in [1.807, 2.05) is 0 Å². The van der Waals surface area contributed by atoms with Gasteiger partial charge in [-0.1, -0.05) is 0 Å². The molecule has 0 saturated carbocycles. The van der Waals surface area contributed by atoms with Gasteiger partial charge in [0.15, 0.2) is 0 Å². The third-order valence-corrected chi connectivity index (χ3v) is 82.8. The molecule has 0 aliphatic rings. The predicted octanol–water partition coefficient (Wildman–Crippen LogP) is 7.87. The van der Waals surface area contributed by atoms with Gasteiger partial charge in [-0.15, -0.1) is 0 Å². The molecular weight excluding hydrogens is 979 g/mol. The van der Waals surface area contributed by atoms with Crippen molar-refractivity contribution in [3.05, 3.63) is 152 Å². The predicted molar refractivity (Wildman–Crippen MR) is 215 cm³/mol. The third-order valence-electron chi connectivity index (χ3n) is 9.06. The normalized spacial score (nSPS) is 12.5. The van der Waals surface area contributed by atoms with Gasteiger partial charge in [0.2, 0.25) is 0 Å². The molecule has 5 heteroatoms. The zero-order valence-electron chi connectivity index (χ0n) is 28.9. The van der Waals surface area contributed by atoms with Gasteiger partial charge in [-0.3, -0.25) is 0 Å². The van der Waals surface area contributed by atoms with E-state index in [1.165, 1.54) is 0 Å². The Bertz CT molecular complexity index is 1400.